The largest absolute Gasteiger partial charge is 0.444 e. The van der Waals surface area contributed by atoms with E-state index in [1.807, 2.05) is 56.6 Å². The first-order chi connectivity index (χ1) is 8.83. The van der Waals surface area contributed by atoms with Gasteiger partial charge in [-0.1, -0.05) is 0 Å². The van der Waals surface area contributed by atoms with Gasteiger partial charge in [0.25, 0.3) is 0 Å². The highest BCUT2D eigenvalue weighted by Crippen LogP contribution is 2.09. The van der Waals surface area contributed by atoms with E-state index in [1.54, 1.807) is 0 Å². The smallest absolute Gasteiger partial charge is 0.407 e. The van der Waals surface area contributed by atoms with Gasteiger partial charge in [-0.3, -0.25) is 0 Å². The molecule has 2 heterocycles. The Labute approximate surface area is 112 Å². The third kappa shape index (κ3) is 3.71. The lowest BCUT2D eigenvalue weighted by molar-refractivity contribution is 0.0523. The number of nitrogens with zero attached hydrogens (tertiary/aromatic N) is 2. The normalized spacial score (nSPS) is 11.6. The number of alkyl carbamates (subject to hydrolysis) is 1. The molecule has 0 spiro atoms. The van der Waals surface area contributed by atoms with E-state index >= 15 is 0 Å². The minimum atomic E-state index is -0.486. The number of aromatic nitrogens is 2. The molecule has 2 rings (SSSR count). The zero-order valence-corrected chi connectivity index (χ0v) is 11.7. The molecule has 0 unspecified atom stereocenters. The first kappa shape index (κ1) is 13.4. The molecule has 1 amide bonds. The van der Waals surface area contributed by atoms with E-state index in [9.17, 15) is 4.79 Å². The molecule has 19 heavy (non-hydrogen) atoms. The van der Waals surface area contributed by atoms with Gasteiger partial charge in [-0.15, -0.1) is 0 Å². The summed E-state index contributed by atoms with van der Waals surface area (Å²) < 4.78 is 7.10. The number of hydrogen-bond donors (Lipinski definition) is 1. The number of nitrogens with one attached hydrogen (secondary N) is 1. The monoisotopic (exact) mass is 261 g/mol. The Morgan fingerprint density at radius 1 is 1.47 bits per heavy atom. The molecule has 0 saturated carbocycles. The topological polar surface area (TPSA) is 55.6 Å². The average Bonchev–Trinajstić information content (AvgIpc) is 2.66. The van der Waals surface area contributed by atoms with Gasteiger partial charge >= 0.3 is 6.09 Å². The van der Waals surface area contributed by atoms with Gasteiger partial charge in [0.15, 0.2) is 0 Å². The van der Waals surface area contributed by atoms with Crippen LogP contribution in [0.3, 0.4) is 0 Å². The summed E-state index contributed by atoms with van der Waals surface area (Å²) in [5.74, 6) is 0. The number of carbonyl (C=O) groups is 1. The van der Waals surface area contributed by atoms with E-state index in [0.29, 0.717) is 6.54 Å². The summed E-state index contributed by atoms with van der Waals surface area (Å²) in [5.41, 5.74) is 2.35. The minimum Gasteiger partial charge on any atom is -0.444 e. The fraction of sp³-hybridized carbons (Fsp3) is 0.429. The molecule has 102 valence electrons. The van der Waals surface area contributed by atoms with Crippen LogP contribution in [0.2, 0.25) is 0 Å². The maximum absolute atomic E-state index is 11.5. The molecule has 0 radical (unpaired) electrons. The molecule has 5 heteroatoms. The Morgan fingerprint density at radius 2 is 2.21 bits per heavy atom. The molecule has 2 aromatic heterocycles. The predicted molar refractivity (Wildman–Crippen MR) is 73.0 cm³/mol. The summed E-state index contributed by atoms with van der Waals surface area (Å²) >= 11 is 0. The Kier molecular flexibility index (Phi) is 3.46. The molecular weight excluding hydrogens is 242 g/mol. The second-order valence-corrected chi connectivity index (χ2v) is 5.56. The third-order valence-electron chi connectivity index (χ3n) is 2.48. The van der Waals surface area contributed by atoms with Gasteiger partial charge in [0, 0.05) is 12.4 Å². The maximum atomic E-state index is 11.5. The van der Waals surface area contributed by atoms with Crippen molar-refractivity contribution in [2.75, 3.05) is 0 Å². The van der Waals surface area contributed by atoms with Crippen molar-refractivity contribution in [1.29, 1.82) is 0 Å². The summed E-state index contributed by atoms with van der Waals surface area (Å²) in [5, 5.41) is 2.69. The summed E-state index contributed by atoms with van der Waals surface area (Å²) in [4.78, 5) is 16.0. The van der Waals surface area contributed by atoms with E-state index in [1.165, 1.54) is 0 Å². The number of imidazole rings is 1. The van der Waals surface area contributed by atoms with Crippen LogP contribution < -0.4 is 5.32 Å². The molecule has 0 aliphatic carbocycles. The molecule has 0 bridgehead atoms. The highest BCUT2D eigenvalue weighted by Gasteiger charge is 2.16. The number of fused-ring (bicyclic) bond motifs is 1. The summed E-state index contributed by atoms with van der Waals surface area (Å²) in [6, 6.07) is 4.01. The fourth-order valence-electron chi connectivity index (χ4n) is 1.70. The van der Waals surface area contributed by atoms with Gasteiger partial charge in [0.2, 0.25) is 0 Å². The van der Waals surface area contributed by atoms with Crippen LogP contribution in [-0.2, 0) is 11.3 Å². The zero-order chi connectivity index (χ0) is 14.0. The lowest BCUT2D eigenvalue weighted by atomic mass is 10.2. The van der Waals surface area contributed by atoms with Gasteiger partial charge in [0.05, 0.1) is 12.2 Å². The molecule has 0 saturated heterocycles. The molecule has 1 N–H and O–H groups in total. The van der Waals surface area contributed by atoms with Gasteiger partial charge in [-0.05, 0) is 45.4 Å². The molecule has 0 aromatic carbocycles. The van der Waals surface area contributed by atoms with Gasteiger partial charge in [-0.2, -0.15) is 0 Å². The van der Waals surface area contributed by atoms with E-state index in [2.05, 4.69) is 10.3 Å². The van der Waals surface area contributed by atoms with Crippen LogP contribution >= 0.6 is 0 Å². The van der Waals surface area contributed by atoms with Crippen molar-refractivity contribution in [2.45, 2.75) is 39.8 Å². The Bertz CT molecular complexity index is 596. The van der Waals surface area contributed by atoms with Crippen LogP contribution in [0.1, 0.15) is 32.0 Å². The van der Waals surface area contributed by atoms with Gasteiger partial charge in [0.1, 0.15) is 11.2 Å². The highest BCUT2D eigenvalue weighted by atomic mass is 16.6. The highest BCUT2D eigenvalue weighted by molar-refractivity contribution is 5.67. The standard InChI is InChI=1S/C14H19N3O2/c1-10-5-6-17-9-11(16-12(17)7-10)8-15-13(18)19-14(2,3)4/h5-7,9H,8H2,1-4H3,(H,15,18). The second kappa shape index (κ2) is 4.91. The molecule has 0 fully saturated rings. The zero-order valence-electron chi connectivity index (χ0n) is 11.7. The van der Waals surface area contributed by atoms with Gasteiger partial charge in [-0.25, -0.2) is 9.78 Å². The number of aryl methyl sites for hydroxylation is 1. The minimum absolute atomic E-state index is 0.357. The fourth-order valence-corrected chi connectivity index (χ4v) is 1.70. The summed E-state index contributed by atoms with van der Waals surface area (Å²) in [6.45, 7) is 7.88. The first-order valence-corrected chi connectivity index (χ1v) is 6.24. The van der Waals surface area contributed by atoms with Crippen molar-refractivity contribution in [1.82, 2.24) is 14.7 Å². The molecular formula is C14H19N3O2. The lowest BCUT2D eigenvalue weighted by Gasteiger charge is -2.19. The van der Waals surface area contributed by atoms with Crippen LogP contribution in [0.5, 0.6) is 0 Å². The van der Waals surface area contributed by atoms with Crippen molar-refractivity contribution >= 4 is 11.7 Å². The summed E-state index contributed by atoms with van der Waals surface area (Å²) in [6.07, 6.45) is 3.42. The van der Waals surface area contributed by atoms with Crippen LogP contribution in [0.15, 0.2) is 24.5 Å². The Hall–Kier alpha value is -2.04. The van der Waals surface area contributed by atoms with E-state index in [-0.39, 0.29) is 0 Å². The Balaban J connectivity index is 2.00. The SMILES string of the molecule is Cc1ccn2cc(CNC(=O)OC(C)(C)C)nc2c1. The van der Waals surface area contributed by atoms with Crippen LogP contribution in [-0.4, -0.2) is 21.1 Å². The van der Waals surface area contributed by atoms with E-state index in [4.69, 9.17) is 4.74 Å². The third-order valence-corrected chi connectivity index (χ3v) is 2.48. The van der Waals surface area contributed by atoms with Crippen LogP contribution in [0, 0.1) is 6.92 Å². The molecule has 5 nitrogen and oxygen atoms in total. The number of ether oxygens (including phenoxy) is 1. The number of pyridine rings is 1. The molecule has 2 aromatic rings. The Morgan fingerprint density at radius 3 is 2.89 bits per heavy atom. The van der Waals surface area contributed by atoms with Crippen LogP contribution in [0.4, 0.5) is 4.79 Å². The number of rotatable bonds is 2. The van der Waals surface area contributed by atoms with Crippen molar-refractivity contribution in [2.24, 2.45) is 0 Å². The lowest BCUT2D eigenvalue weighted by Crippen LogP contribution is -2.32. The van der Waals surface area contributed by atoms with Crippen molar-refractivity contribution < 1.29 is 9.53 Å². The molecule has 0 aliphatic rings. The van der Waals surface area contributed by atoms with Crippen LogP contribution in [0.25, 0.3) is 5.65 Å². The number of hydrogen-bond acceptors (Lipinski definition) is 3. The average molecular weight is 261 g/mol. The van der Waals surface area contributed by atoms with Crippen molar-refractivity contribution in [3.8, 4) is 0 Å². The number of amides is 1. The predicted octanol–water partition coefficient (Wildman–Crippen LogP) is 2.67. The molecule has 0 aliphatic heterocycles. The van der Waals surface area contributed by atoms with Crippen molar-refractivity contribution in [3.05, 3.63) is 35.8 Å². The summed E-state index contributed by atoms with van der Waals surface area (Å²) in [7, 11) is 0. The first-order valence-electron chi connectivity index (χ1n) is 6.24. The second-order valence-electron chi connectivity index (χ2n) is 5.56. The maximum Gasteiger partial charge on any atom is 0.407 e. The number of carbonyl (C=O) groups excluding carboxylic acids is 1. The molecule has 0 atom stereocenters. The van der Waals surface area contributed by atoms with Gasteiger partial charge < -0.3 is 14.5 Å². The van der Waals surface area contributed by atoms with E-state index < -0.39 is 11.7 Å². The van der Waals surface area contributed by atoms with Crippen molar-refractivity contribution in [3.63, 3.8) is 0 Å². The van der Waals surface area contributed by atoms with E-state index in [0.717, 1.165) is 16.9 Å². The quantitative estimate of drug-likeness (QED) is 0.904.